The molecule has 0 amide bonds. The van der Waals surface area contributed by atoms with Gasteiger partial charge in [-0.1, -0.05) is 18.2 Å². The fourth-order valence-electron chi connectivity index (χ4n) is 8.50. The molecule has 5 atom stereocenters. The maximum atomic E-state index is 12.4. The molecule has 53 heavy (non-hydrogen) atoms. The van der Waals surface area contributed by atoms with Crippen LogP contribution in [0.2, 0.25) is 0 Å². The first-order valence-corrected chi connectivity index (χ1v) is 18.7. The van der Waals surface area contributed by atoms with Crippen molar-refractivity contribution < 1.29 is 44.1 Å². The Kier molecular flexibility index (Phi) is 11.3. The highest BCUT2D eigenvalue weighted by molar-refractivity contribution is 5.70. The Bertz CT molecular complexity index is 1890. The first kappa shape index (κ1) is 36.9. The van der Waals surface area contributed by atoms with Gasteiger partial charge in [0, 0.05) is 60.8 Å². The number of hydrogen-bond donors (Lipinski definition) is 5. The lowest BCUT2D eigenvalue weighted by molar-refractivity contribution is -0.0890. The molecule has 0 saturated heterocycles. The Hall–Kier alpha value is -4.48. The zero-order chi connectivity index (χ0) is 37.1. The molecule has 5 N–H and O–H groups in total. The predicted octanol–water partition coefficient (Wildman–Crippen LogP) is 6.98. The number of aromatic hydroxyl groups is 2. The number of aliphatic hydroxyl groups is 2. The summed E-state index contributed by atoms with van der Waals surface area (Å²) in [7, 11) is 5.15. The van der Waals surface area contributed by atoms with Crippen molar-refractivity contribution in [3.63, 3.8) is 0 Å². The minimum absolute atomic E-state index is 0.0833. The van der Waals surface area contributed by atoms with Gasteiger partial charge in [0.05, 0.1) is 32.0 Å². The standard InChI is InChI=1S/C43H51NO9/c1-44-23-28-20-39-34(22-38(28)50-3)42(48)40(37(53-39)12-7-15-49-2)36-24-51-43-27(19-32(21-35(43)41(36)47)52-31-10-4-5-11-31)16-26-18-30(46)13-14-33(26)25-8-6-9-29(45)17-25/h6,8-9,13-14,17-22,31,36-37,40-42,44-48H,4-5,7,10-12,15-16,23-24H2,1-3H3. The van der Waals surface area contributed by atoms with Crippen molar-refractivity contribution >= 4 is 0 Å². The highest BCUT2D eigenvalue weighted by Crippen LogP contribution is 2.52. The van der Waals surface area contributed by atoms with E-state index < -0.39 is 30.1 Å². The van der Waals surface area contributed by atoms with Crippen LogP contribution in [-0.4, -0.2) is 67.1 Å². The number of aliphatic hydroxyl groups excluding tert-OH is 2. The van der Waals surface area contributed by atoms with Crippen molar-refractivity contribution in [1.29, 1.82) is 0 Å². The maximum absolute atomic E-state index is 12.4. The van der Waals surface area contributed by atoms with Gasteiger partial charge in [0.2, 0.25) is 0 Å². The quantitative estimate of drug-likeness (QED) is 0.0918. The number of rotatable bonds is 13. The van der Waals surface area contributed by atoms with Gasteiger partial charge >= 0.3 is 0 Å². The summed E-state index contributed by atoms with van der Waals surface area (Å²) in [5.41, 5.74) is 5.45. The third-order valence-electron chi connectivity index (χ3n) is 11.0. The van der Waals surface area contributed by atoms with Gasteiger partial charge in [-0.15, -0.1) is 0 Å². The number of fused-ring (bicyclic) bond motifs is 2. The van der Waals surface area contributed by atoms with Crippen molar-refractivity contribution in [2.75, 3.05) is 34.5 Å². The molecule has 0 spiro atoms. The summed E-state index contributed by atoms with van der Waals surface area (Å²) in [5.74, 6) is 1.73. The van der Waals surface area contributed by atoms with Crippen LogP contribution in [0.1, 0.15) is 78.6 Å². The number of nitrogens with one attached hydrogen (secondary N) is 1. The molecule has 282 valence electrons. The molecule has 5 unspecified atom stereocenters. The lowest BCUT2D eigenvalue weighted by Crippen LogP contribution is -2.46. The number of phenolic OH excluding ortho intramolecular Hbond substituents is 2. The molecular formula is C43H51NO9. The lowest BCUT2D eigenvalue weighted by Gasteiger charge is -2.45. The number of methoxy groups -OCH3 is 2. The monoisotopic (exact) mass is 725 g/mol. The van der Waals surface area contributed by atoms with Crippen LogP contribution in [-0.2, 0) is 17.7 Å². The van der Waals surface area contributed by atoms with Gasteiger partial charge in [0.15, 0.2) is 0 Å². The average Bonchev–Trinajstić information content (AvgIpc) is 3.66. The number of hydrogen-bond acceptors (Lipinski definition) is 10. The molecule has 4 aromatic carbocycles. The average molecular weight is 726 g/mol. The van der Waals surface area contributed by atoms with Crippen LogP contribution in [0.4, 0.5) is 0 Å². The molecule has 2 heterocycles. The van der Waals surface area contributed by atoms with E-state index in [0.717, 1.165) is 53.5 Å². The first-order chi connectivity index (χ1) is 25.8. The fraction of sp³-hybridized carbons (Fsp3) is 0.442. The van der Waals surface area contributed by atoms with Crippen molar-refractivity contribution in [2.24, 2.45) is 11.8 Å². The van der Waals surface area contributed by atoms with Gasteiger partial charge in [-0.25, -0.2) is 0 Å². The second-order valence-corrected chi connectivity index (χ2v) is 14.6. The van der Waals surface area contributed by atoms with Gasteiger partial charge < -0.3 is 49.4 Å². The zero-order valence-corrected chi connectivity index (χ0v) is 30.7. The van der Waals surface area contributed by atoms with Gasteiger partial charge in [0.25, 0.3) is 0 Å². The summed E-state index contributed by atoms with van der Waals surface area (Å²) in [6.07, 6.45) is 3.58. The predicted molar refractivity (Wildman–Crippen MR) is 201 cm³/mol. The SMILES string of the molecule is CNCc1cc2c(cc1OC)C(O)C(C1COc3c(Cc4cc(O)ccc4-c4cccc(O)c4)cc(OC4CCCC4)cc3C1O)C(CCCOC)O2. The topological polar surface area (TPSA) is 139 Å². The van der Waals surface area contributed by atoms with Crippen LogP contribution < -0.4 is 24.3 Å². The van der Waals surface area contributed by atoms with Crippen LogP contribution >= 0.6 is 0 Å². The first-order valence-electron chi connectivity index (χ1n) is 18.7. The molecule has 0 radical (unpaired) electrons. The van der Waals surface area contributed by atoms with Gasteiger partial charge in [-0.3, -0.25) is 0 Å². The summed E-state index contributed by atoms with van der Waals surface area (Å²) in [6, 6.07) is 19.9. The lowest BCUT2D eigenvalue weighted by atomic mass is 9.72. The number of ether oxygens (including phenoxy) is 5. The summed E-state index contributed by atoms with van der Waals surface area (Å²) in [5, 5.41) is 48.6. The van der Waals surface area contributed by atoms with Crippen LogP contribution in [0.3, 0.4) is 0 Å². The summed E-state index contributed by atoms with van der Waals surface area (Å²) >= 11 is 0. The highest BCUT2D eigenvalue weighted by atomic mass is 16.5. The molecule has 10 nitrogen and oxygen atoms in total. The minimum Gasteiger partial charge on any atom is -0.508 e. The largest absolute Gasteiger partial charge is 0.508 e. The number of phenols is 2. The summed E-state index contributed by atoms with van der Waals surface area (Å²) in [6.45, 7) is 1.27. The van der Waals surface area contributed by atoms with Crippen molar-refractivity contribution in [3.8, 4) is 45.6 Å². The summed E-state index contributed by atoms with van der Waals surface area (Å²) < 4.78 is 31.0. The van der Waals surface area contributed by atoms with E-state index in [-0.39, 0.29) is 24.2 Å². The van der Waals surface area contributed by atoms with Crippen molar-refractivity contribution in [1.82, 2.24) is 5.32 Å². The molecule has 10 heteroatoms. The smallest absolute Gasteiger partial charge is 0.128 e. The Morgan fingerprint density at radius 3 is 2.42 bits per heavy atom. The zero-order valence-electron chi connectivity index (χ0n) is 30.7. The molecule has 3 aliphatic rings. The molecule has 1 aliphatic carbocycles. The maximum Gasteiger partial charge on any atom is 0.128 e. The Labute approximate surface area is 311 Å². The second-order valence-electron chi connectivity index (χ2n) is 14.6. The molecular weight excluding hydrogens is 674 g/mol. The Morgan fingerprint density at radius 2 is 1.66 bits per heavy atom. The molecule has 2 aliphatic heterocycles. The van der Waals surface area contributed by atoms with Gasteiger partial charge in [-0.2, -0.15) is 0 Å². The second kappa shape index (κ2) is 16.3. The third kappa shape index (κ3) is 7.78. The Balaban J connectivity index is 1.27. The van der Waals surface area contributed by atoms with E-state index in [2.05, 4.69) is 5.32 Å². The normalized spacial score (nSPS) is 22.4. The molecule has 7 rings (SSSR count). The molecule has 4 aromatic rings. The van der Waals surface area contributed by atoms with E-state index in [1.165, 1.54) is 0 Å². The molecule has 1 saturated carbocycles. The minimum atomic E-state index is -1.00. The number of benzene rings is 4. The van der Waals surface area contributed by atoms with Crippen molar-refractivity contribution in [2.45, 2.75) is 75.9 Å². The van der Waals surface area contributed by atoms with E-state index in [1.807, 2.05) is 43.4 Å². The van der Waals surface area contributed by atoms with E-state index in [9.17, 15) is 20.4 Å². The highest BCUT2D eigenvalue weighted by Gasteiger charge is 2.48. The van der Waals surface area contributed by atoms with Crippen LogP contribution in [0.5, 0.6) is 34.5 Å². The van der Waals surface area contributed by atoms with Crippen LogP contribution in [0.15, 0.2) is 66.7 Å². The molecule has 0 bridgehead atoms. The Morgan fingerprint density at radius 1 is 0.849 bits per heavy atom. The molecule has 0 aromatic heterocycles. The van der Waals surface area contributed by atoms with Gasteiger partial charge in [-0.05, 0) is 111 Å². The van der Waals surface area contributed by atoms with Gasteiger partial charge in [0.1, 0.15) is 40.6 Å². The van der Waals surface area contributed by atoms with Crippen LogP contribution in [0.25, 0.3) is 11.1 Å². The van der Waals surface area contributed by atoms with Crippen molar-refractivity contribution in [3.05, 3.63) is 94.5 Å². The van der Waals surface area contributed by atoms with Crippen LogP contribution in [0, 0.1) is 11.8 Å². The molecule has 1 fully saturated rings. The fourth-order valence-corrected chi connectivity index (χ4v) is 8.50. The third-order valence-corrected chi connectivity index (χ3v) is 11.0. The van der Waals surface area contributed by atoms with E-state index >= 15 is 0 Å². The van der Waals surface area contributed by atoms with E-state index in [0.29, 0.717) is 66.5 Å². The van der Waals surface area contributed by atoms with E-state index in [4.69, 9.17) is 23.7 Å². The van der Waals surface area contributed by atoms with E-state index in [1.54, 1.807) is 44.6 Å². The summed E-state index contributed by atoms with van der Waals surface area (Å²) in [4.78, 5) is 0.